The Hall–Kier alpha value is -0.910. The normalized spacial score (nSPS) is 45.5. The van der Waals surface area contributed by atoms with E-state index in [4.69, 9.17) is 4.74 Å². The van der Waals surface area contributed by atoms with Crippen molar-refractivity contribution in [3.63, 3.8) is 0 Å². The molecule has 4 nitrogen and oxygen atoms in total. The molecule has 1 aliphatic carbocycles. The summed E-state index contributed by atoms with van der Waals surface area (Å²) < 4.78 is 32.9. The molecular formula is C15H19NO3S. The fourth-order valence-corrected chi connectivity index (χ4v) is 5.55. The molecule has 20 heavy (non-hydrogen) atoms. The summed E-state index contributed by atoms with van der Waals surface area (Å²) in [6.07, 6.45) is 1.64. The number of aryl methyl sites for hydroxylation is 1. The second-order valence-corrected chi connectivity index (χ2v) is 8.60. The van der Waals surface area contributed by atoms with Gasteiger partial charge in [-0.15, -0.1) is 0 Å². The quantitative estimate of drug-likeness (QED) is 0.784. The Morgan fingerprint density at radius 2 is 1.60 bits per heavy atom. The molecule has 108 valence electrons. The smallest absolute Gasteiger partial charge is 0.243 e. The first kappa shape index (κ1) is 12.8. The molecule has 5 heteroatoms. The SMILES string of the molecule is Cc1ccc(S(=O)(=O)N2[C@@H]3C[C@@]4(C)O[C@@]4(C)C[C@@H]32)cc1. The summed E-state index contributed by atoms with van der Waals surface area (Å²) in [5, 5.41) is 0. The van der Waals surface area contributed by atoms with Gasteiger partial charge in [0.2, 0.25) is 10.0 Å². The number of sulfonamides is 1. The molecule has 0 spiro atoms. The van der Waals surface area contributed by atoms with Gasteiger partial charge in [-0.1, -0.05) is 17.7 Å². The molecule has 4 rings (SSSR count). The topological polar surface area (TPSA) is 49.7 Å². The van der Waals surface area contributed by atoms with Gasteiger partial charge in [-0.2, -0.15) is 4.31 Å². The number of benzene rings is 1. The fraction of sp³-hybridized carbons (Fsp3) is 0.600. The van der Waals surface area contributed by atoms with Gasteiger partial charge in [-0.05, 0) is 45.7 Å². The molecule has 0 amide bonds. The van der Waals surface area contributed by atoms with Crippen LogP contribution in [0.4, 0.5) is 0 Å². The first-order valence-electron chi connectivity index (χ1n) is 7.07. The van der Waals surface area contributed by atoms with Gasteiger partial charge in [-0.3, -0.25) is 0 Å². The molecule has 2 saturated heterocycles. The highest BCUT2D eigenvalue weighted by Crippen LogP contribution is 2.63. The van der Waals surface area contributed by atoms with Crippen LogP contribution in [-0.4, -0.2) is 36.0 Å². The Labute approximate surface area is 119 Å². The monoisotopic (exact) mass is 293 g/mol. The van der Waals surface area contributed by atoms with Gasteiger partial charge in [0.25, 0.3) is 0 Å². The maximum atomic E-state index is 12.7. The van der Waals surface area contributed by atoms with Crippen LogP contribution in [0.5, 0.6) is 0 Å². The van der Waals surface area contributed by atoms with Crippen molar-refractivity contribution < 1.29 is 13.2 Å². The van der Waals surface area contributed by atoms with E-state index in [1.165, 1.54) is 0 Å². The van der Waals surface area contributed by atoms with Gasteiger partial charge in [-0.25, -0.2) is 8.42 Å². The molecular weight excluding hydrogens is 274 g/mol. The molecule has 3 fully saturated rings. The predicted octanol–water partition coefficient (Wildman–Crippen LogP) is 2.08. The zero-order chi connectivity index (χ0) is 14.3. The van der Waals surface area contributed by atoms with E-state index >= 15 is 0 Å². The second-order valence-electron chi connectivity index (χ2n) is 6.75. The van der Waals surface area contributed by atoms with E-state index in [0.717, 1.165) is 18.4 Å². The highest BCUT2D eigenvalue weighted by Gasteiger charge is 2.75. The molecule has 1 aromatic rings. The molecule has 2 aliphatic heterocycles. The minimum atomic E-state index is -3.34. The number of hydrogen-bond donors (Lipinski definition) is 0. The van der Waals surface area contributed by atoms with Crippen LogP contribution in [0, 0.1) is 6.92 Å². The van der Waals surface area contributed by atoms with Gasteiger partial charge in [0.05, 0.1) is 16.1 Å². The number of rotatable bonds is 2. The molecule has 0 bridgehead atoms. The van der Waals surface area contributed by atoms with Crippen LogP contribution in [0.2, 0.25) is 0 Å². The zero-order valence-electron chi connectivity index (χ0n) is 12.0. The third-order valence-electron chi connectivity index (χ3n) is 5.33. The van der Waals surface area contributed by atoms with Crippen LogP contribution in [0.15, 0.2) is 29.2 Å². The molecule has 0 aromatic heterocycles. The molecule has 2 heterocycles. The summed E-state index contributed by atoms with van der Waals surface area (Å²) in [5.74, 6) is 0. The highest BCUT2D eigenvalue weighted by molar-refractivity contribution is 7.89. The molecule has 1 aromatic carbocycles. The number of hydrogen-bond acceptors (Lipinski definition) is 3. The van der Waals surface area contributed by atoms with Crippen molar-refractivity contribution >= 4 is 10.0 Å². The minimum Gasteiger partial charge on any atom is -0.363 e. The molecule has 3 aliphatic rings. The van der Waals surface area contributed by atoms with Crippen LogP contribution >= 0.6 is 0 Å². The van der Waals surface area contributed by atoms with E-state index < -0.39 is 10.0 Å². The van der Waals surface area contributed by atoms with E-state index in [-0.39, 0.29) is 23.3 Å². The summed E-state index contributed by atoms with van der Waals surface area (Å²) in [6.45, 7) is 6.15. The van der Waals surface area contributed by atoms with Gasteiger partial charge in [0.15, 0.2) is 0 Å². The lowest BCUT2D eigenvalue weighted by molar-refractivity contribution is 0.267. The lowest BCUT2D eigenvalue weighted by Gasteiger charge is -2.14. The summed E-state index contributed by atoms with van der Waals surface area (Å²) >= 11 is 0. The Balaban J connectivity index is 1.62. The average Bonchev–Trinajstić information content (AvgIpc) is 3.16. The standard InChI is InChI=1S/C15H19NO3S/c1-10-4-6-11(7-5-10)20(17,18)16-12-8-14(2)15(3,19-14)9-13(12)16/h4-7,12-13H,8-9H2,1-3H3/t12-,13+,14-,15+,16?. The van der Waals surface area contributed by atoms with Gasteiger partial charge in [0, 0.05) is 12.1 Å². The lowest BCUT2D eigenvalue weighted by atomic mass is 9.82. The molecule has 0 radical (unpaired) electrons. The summed E-state index contributed by atoms with van der Waals surface area (Å²) in [7, 11) is -3.34. The van der Waals surface area contributed by atoms with Gasteiger partial charge >= 0.3 is 0 Å². The third-order valence-corrected chi connectivity index (χ3v) is 7.29. The van der Waals surface area contributed by atoms with E-state index in [1.54, 1.807) is 16.4 Å². The average molecular weight is 293 g/mol. The largest absolute Gasteiger partial charge is 0.363 e. The Bertz CT molecular complexity index is 662. The van der Waals surface area contributed by atoms with Crippen LogP contribution < -0.4 is 0 Å². The maximum absolute atomic E-state index is 12.7. The number of nitrogens with zero attached hydrogens (tertiary/aromatic N) is 1. The summed E-state index contributed by atoms with van der Waals surface area (Å²) in [6, 6.07) is 7.36. The van der Waals surface area contributed by atoms with Crippen molar-refractivity contribution in [1.82, 2.24) is 4.31 Å². The first-order chi connectivity index (χ1) is 9.27. The van der Waals surface area contributed by atoms with E-state index in [1.807, 2.05) is 19.1 Å². The highest BCUT2D eigenvalue weighted by atomic mass is 32.2. The zero-order valence-corrected chi connectivity index (χ0v) is 12.8. The number of epoxide rings is 1. The number of ether oxygens (including phenoxy) is 1. The maximum Gasteiger partial charge on any atom is 0.243 e. The minimum absolute atomic E-state index is 0.119. The van der Waals surface area contributed by atoms with Crippen LogP contribution in [0.3, 0.4) is 0 Å². The summed E-state index contributed by atoms with van der Waals surface area (Å²) in [5.41, 5.74) is 0.832. The first-order valence-corrected chi connectivity index (χ1v) is 8.51. The van der Waals surface area contributed by atoms with E-state index in [0.29, 0.717) is 4.90 Å². The lowest BCUT2D eigenvalue weighted by Crippen LogP contribution is -2.28. The summed E-state index contributed by atoms with van der Waals surface area (Å²) in [4.78, 5) is 0.405. The Kier molecular flexibility index (Phi) is 2.21. The molecule has 5 atom stereocenters. The van der Waals surface area contributed by atoms with Crippen molar-refractivity contribution in [1.29, 1.82) is 0 Å². The van der Waals surface area contributed by atoms with E-state index in [2.05, 4.69) is 13.8 Å². The number of fused-ring (bicyclic) bond motifs is 2. The Morgan fingerprint density at radius 3 is 2.10 bits per heavy atom. The van der Waals surface area contributed by atoms with Gasteiger partial charge < -0.3 is 4.74 Å². The van der Waals surface area contributed by atoms with Crippen molar-refractivity contribution in [2.45, 2.75) is 61.8 Å². The third kappa shape index (κ3) is 1.51. The van der Waals surface area contributed by atoms with Crippen LogP contribution in [0.25, 0.3) is 0 Å². The van der Waals surface area contributed by atoms with Crippen molar-refractivity contribution in [2.24, 2.45) is 0 Å². The fourth-order valence-electron chi connectivity index (χ4n) is 3.73. The van der Waals surface area contributed by atoms with E-state index in [9.17, 15) is 8.42 Å². The predicted molar refractivity (Wildman–Crippen MR) is 74.9 cm³/mol. The molecule has 0 N–H and O–H groups in total. The van der Waals surface area contributed by atoms with Crippen molar-refractivity contribution in [3.05, 3.63) is 29.8 Å². The van der Waals surface area contributed by atoms with Crippen molar-refractivity contribution in [3.8, 4) is 0 Å². The van der Waals surface area contributed by atoms with Crippen LogP contribution in [-0.2, 0) is 14.8 Å². The van der Waals surface area contributed by atoms with Crippen molar-refractivity contribution in [2.75, 3.05) is 0 Å². The van der Waals surface area contributed by atoms with Crippen LogP contribution in [0.1, 0.15) is 32.3 Å². The molecule has 1 unspecified atom stereocenters. The second kappa shape index (κ2) is 3.46. The van der Waals surface area contributed by atoms with Gasteiger partial charge in [0.1, 0.15) is 0 Å². The Morgan fingerprint density at radius 1 is 1.10 bits per heavy atom. The molecule has 1 saturated carbocycles.